The van der Waals surface area contributed by atoms with Crippen LogP contribution >= 0.6 is 27.7 Å². The Bertz CT molecular complexity index is 528. The zero-order valence-electron chi connectivity index (χ0n) is 9.91. The minimum Gasteiger partial charge on any atom is -0.381 e. The number of halogens is 2. The molecule has 0 spiro atoms. The second kappa shape index (κ2) is 6.25. The standard InChI is InChI=1S/C14H13BrFNS/c1-18-12-5-3-11(4-6-12)17-9-10-2-7-14(16)13(15)8-10/h2-8,17H,9H2,1H3. The highest BCUT2D eigenvalue weighted by atomic mass is 79.9. The Labute approximate surface area is 119 Å². The van der Waals surface area contributed by atoms with Crippen LogP contribution in [0.5, 0.6) is 0 Å². The fourth-order valence-electron chi connectivity index (χ4n) is 1.56. The van der Waals surface area contributed by atoms with E-state index in [0.717, 1.165) is 11.3 Å². The lowest BCUT2D eigenvalue weighted by Crippen LogP contribution is -1.99. The Hall–Kier alpha value is -1.000. The molecule has 0 aliphatic heterocycles. The van der Waals surface area contributed by atoms with Crippen LogP contribution in [0.15, 0.2) is 51.8 Å². The van der Waals surface area contributed by atoms with Crippen molar-refractivity contribution in [3.05, 3.63) is 58.3 Å². The van der Waals surface area contributed by atoms with Crippen molar-refractivity contribution < 1.29 is 4.39 Å². The summed E-state index contributed by atoms with van der Waals surface area (Å²) >= 11 is 4.91. The Morgan fingerprint density at radius 2 is 1.89 bits per heavy atom. The smallest absolute Gasteiger partial charge is 0.137 e. The normalized spacial score (nSPS) is 10.4. The summed E-state index contributed by atoms with van der Waals surface area (Å²) in [6, 6.07) is 13.3. The highest BCUT2D eigenvalue weighted by molar-refractivity contribution is 9.10. The number of nitrogens with one attached hydrogen (secondary N) is 1. The molecule has 0 aromatic heterocycles. The van der Waals surface area contributed by atoms with Crippen LogP contribution in [0.2, 0.25) is 0 Å². The summed E-state index contributed by atoms with van der Waals surface area (Å²) in [5.74, 6) is -0.233. The molecule has 0 bridgehead atoms. The highest BCUT2D eigenvalue weighted by Crippen LogP contribution is 2.20. The molecule has 2 aromatic rings. The minimum absolute atomic E-state index is 0.233. The molecule has 0 atom stereocenters. The van der Waals surface area contributed by atoms with Gasteiger partial charge in [-0.15, -0.1) is 11.8 Å². The van der Waals surface area contributed by atoms with Gasteiger partial charge in [-0.2, -0.15) is 0 Å². The average molecular weight is 326 g/mol. The molecule has 0 amide bonds. The van der Waals surface area contributed by atoms with E-state index in [2.05, 4.69) is 39.6 Å². The molecule has 0 radical (unpaired) electrons. The number of anilines is 1. The lowest BCUT2D eigenvalue weighted by Gasteiger charge is -2.07. The Balaban J connectivity index is 1.99. The minimum atomic E-state index is -0.233. The SMILES string of the molecule is CSc1ccc(NCc2ccc(F)c(Br)c2)cc1. The van der Waals surface area contributed by atoms with Gasteiger partial charge in [0.05, 0.1) is 4.47 Å². The summed E-state index contributed by atoms with van der Waals surface area (Å²) in [4.78, 5) is 1.24. The molecule has 94 valence electrons. The van der Waals surface area contributed by atoms with Crippen LogP contribution in [0.1, 0.15) is 5.56 Å². The van der Waals surface area contributed by atoms with Crippen LogP contribution in [0.4, 0.5) is 10.1 Å². The zero-order valence-corrected chi connectivity index (χ0v) is 12.3. The molecule has 0 fully saturated rings. The van der Waals surface area contributed by atoms with E-state index >= 15 is 0 Å². The van der Waals surface area contributed by atoms with E-state index in [4.69, 9.17) is 0 Å². The van der Waals surface area contributed by atoms with Gasteiger partial charge in [-0.05, 0) is 64.1 Å². The second-order valence-electron chi connectivity index (χ2n) is 3.83. The van der Waals surface area contributed by atoms with E-state index in [0.29, 0.717) is 11.0 Å². The summed E-state index contributed by atoms with van der Waals surface area (Å²) < 4.78 is 13.6. The molecule has 1 nitrogen and oxygen atoms in total. The molecule has 0 aliphatic rings. The van der Waals surface area contributed by atoms with Gasteiger partial charge in [-0.3, -0.25) is 0 Å². The first kappa shape index (κ1) is 13.4. The van der Waals surface area contributed by atoms with Crippen molar-refractivity contribution in [2.24, 2.45) is 0 Å². The Morgan fingerprint density at radius 1 is 1.17 bits per heavy atom. The van der Waals surface area contributed by atoms with Crippen LogP contribution in [0.3, 0.4) is 0 Å². The maximum Gasteiger partial charge on any atom is 0.137 e. The number of rotatable bonds is 4. The largest absolute Gasteiger partial charge is 0.381 e. The van der Waals surface area contributed by atoms with Crippen molar-refractivity contribution in [3.63, 3.8) is 0 Å². The molecular formula is C14H13BrFNS. The van der Waals surface area contributed by atoms with E-state index < -0.39 is 0 Å². The molecule has 2 rings (SSSR count). The summed E-state index contributed by atoms with van der Waals surface area (Å²) in [5, 5.41) is 3.31. The van der Waals surface area contributed by atoms with E-state index in [1.807, 2.05) is 12.1 Å². The summed E-state index contributed by atoms with van der Waals surface area (Å²) in [6.07, 6.45) is 2.05. The summed E-state index contributed by atoms with van der Waals surface area (Å²) in [6.45, 7) is 0.678. The zero-order chi connectivity index (χ0) is 13.0. The van der Waals surface area contributed by atoms with Crippen molar-refractivity contribution >= 4 is 33.4 Å². The Morgan fingerprint density at radius 3 is 2.50 bits per heavy atom. The monoisotopic (exact) mass is 325 g/mol. The molecule has 0 heterocycles. The maximum absolute atomic E-state index is 13.1. The number of thioether (sulfide) groups is 1. The van der Waals surface area contributed by atoms with Gasteiger partial charge >= 0.3 is 0 Å². The molecule has 0 saturated heterocycles. The highest BCUT2D eigenvalue weighted by Gasteiger charge is 2.00. The van der Waals surface area contributed by atoms with Crippen molar-refractivity contribution in [1.82, 2.24) is 0 Å². The van der Waals surface area contributed by atoms with Gasteiger partial charge in [0.2, 0.25) is 0 Å². The van der Waals surface area contributed by atoms with Gasteiger partial charge in [0.25, 0.3) is 0 Å². The molecule has 0 unspecified atom stereocenters. The number of benzene rings is 2. The van der Waals surface area contributed by atoms with Gasteiger partial charge in [0.15, 0.2) is 0 Å². The van der Waals surface area contributed by atoms with Crippen molar-refractivity contribution in [3.8, 4) is 0 Å². The molecule has 2 aromatic carbocycles. The topological polar surface area (TPSA) is 12.0 Å². The van der Waals surface area contributed by atoms with E-state index in [9.17, 15) is 4.39 Å². The van der Waals surface area contributed by atoms with Crippen LogP contribution in [0.25, 0.3) is 0 Å². The van der Waals surface area contributed by atoms with Crippen molar-refractivity contribution in [1.29, 1.82) is 0 Å². The van der Waals surface area contributed by atoms with Gasteiger partial charge < -0.3 is 5.32 Å². The molecule has 1 N–H and O–H groups in total. The molecule has 0 saturated carbocycles. The van der Waals surface area contributed by atoms with Crippen LogP contribution in [0, 0.1) is 5.82 Å². The first-order chi connectivity index (χ1) is 8.69. The fourth-order valence-corrected chi connectivity index (χ4v) is 2.40. The lowest BCUT2D eigenvalue weighted by molar-refractivity contribution is 0.620. The number of hydrogen-bond donors (Lipinski definition) is 1. The van der Waals surface area contributed by atoms with E-state index in [1.165, 1.54) is 11.0 Å². The number of hydrogen-bond acceptors (Lipinski definition) is 2. The van der Waals surface area contributed by atoms with Gasteiger partial charge in [-0.25, -0.2) is 4.39 Å². The predicted octanol–water partition coefficient (Wildman–Crippen LogP) is 4.92. The second-order valence-corrected chi connectivity index (χ2v) is 5.56. The average Bonchev–Trinajstić information content (AvgIpc) is 2.41. The van der Waals surface area contributed by atoms with Crippen molar-refractivity contribution in [2.75, 3.05) is 11.6 Å². The molecule has 0 aliphatic carbocycles. The molecular weight excluding hydrogens is 313 g/mol. The van der Waals surface area contributed by atoms with Crippen LogP contribution in [-0.4, -0.2) is 6.26 Å². The quantitative estimate of drug-likeness (QED) is 0.800. The van der Waals surface area contributed by atoms with Gasteiger partial charge in [-0.1, -0.05) is 6.07 Å². The molecule has 18 heavy (non-hydrogen) atoms. The van der Waals surface area contributed by atoms with Crippen LogP contribution in [-0.2, 0) is 6.54 Å². The first-order valence-corrected chi connectivity index (χ1v) is 7.52. The maximum atomic E-state index is 13.1. The lowest BCUT2D eigenvalue weighted by atomic mass is 10.2. The van der Waals surface area contributed by atoms with Crippen molar-refractivity contribution in [2.45, 2.75) is 11.4 Å². The molecule has 4 heteroatoms. The first-order valence-electron chi connectivity index (χ1n) is 5.51. The van der Waals surface area contributed by atoms with Crippen LogP contribution < -0.4 is 5.32 Å². The van der Waals surface area contributed by atoms with Gasteiger partial charge in [0.1, 0.15) is 5.82 Å². The third-order valence-electron chi connectivity index (χ3n) is 2.57. The van der Waals surface area contributed by atoms with E-state index in [-0.39, 0.29) is 5.82 Å². The van der Waals surface area contributed by atoms with E-state index in [1.54, 1.807) is 23.9 Å². The predicted molar refractivity (Wildman–Crippen MR) is 79.6 cm³/mol. The third-order valence-corrected chi connectivity index (χ3v) is 3.92. The Kier molecular flexibility index (Phi) is 4.66. The van der Waals surface area contributed by atoms with Gasteiger partial charge in [0, 0.05) is 17.1 Å². The third kappa shape index (κ3) is 3.50. The summed E-state index contributed by atoms with van der Waals surface area (Å²) in [5.41, 5.74) is 2.10. The fraction of sp³-hybridized carbons (Fsp3) is 0.143. The summed E-state index contributed by atoms with van der Waals surface area (Å²) in [7, 11) is 0.